The van der Waals surface area contributed by atoms with Gasteiger partial charge in [-0.1, -0.05) is 31.2 Å². The van der Waals surface area contributed by atoms with Gasteiger partial charge in [-0.15, -0.1) is 0 Å². The van der Waals surface area contributed by atoms with Crippen molar-refractivity contribution in [2.75, 3.05) is 30.3 Å². The maximum absolute atomic E-state index is 13.8. The van der Waals surface area contributed by atoms with Crippen LogP contribution >= 0.6 is 0 Å². The van der Waals surface area contributed by atoms with Crippen LogP contribution in [0.4, 0.5) is 14.5 Å². The van der Waals surface area contributed by atoms with Gasteiger partial charge in [0.25, 0.3) is 5.91 Å². The van der Waals surface area contributed by atoms with E-state index in [2.05, 4.69) is 23.6 Å². The molecular weight excluding hydrogens is 540 g/mol. The highest BCUT2D eigenvalue weighted by Gasteiger charge is 2.24. The summed E-state index contributed by atoms with van der Waals surface area (Å²) in [6, 6.07) is 15.9. The summed E-state index contributed by atoms with van der Waals surface area (Å²) in [6.07, 6.45) is 0.766. The predicted molar refractivity (Wildman–Crippen MR) is 151 cm³/mol. The van der Waals surface area contributed by atoms with Gasteiger partial charge in [0.05, 0.1) is 37.2 Å². The van der Waals surface area contributed by atoms with Crippen LogP contribution in [0.25, 0.3) is 0 Å². The maximum atomic E-state index is 13.8. The number of aliphatic hydroxyl groups excluding tert-OH is 2. The van der Waals surface area contributed by atoms with Crippen LogP contribution in [-0.2, 0) is 29.4 Å². The van der Waals surface area contributed by atoms with Gasteiger partial charge in [-0.05, 0) is 65.9 Å². The summed E-state index contributed by atoms with van der Waals surface area (Å²) < 4.78 is 52.8. The Balaban J connectivity index is 1.75. The zero-order chi connectivity index (χ0) is 29.3. The standard InChI is InChI=1S/C29H35F2N3O5S/c1-3-20-5-4-6-21(13-20)18-32-19-28(36)27(16-22-14-24(30)17-25(31)15-22)33-29(37)23-7-9-26(10-8-23)34(11-12-35)40(2,38)39/h4-10,13-15,17,27-28,32,35-36H,3,11-12,16,18-19H2,1-2H3,(H,33,37)/t27-,28+/m0/s1. The fourth-order valence-corrected chi connectivity index (χ4v) is 5.26. The van der Waals surface area contributed by atoms with E-state index in [0.29, 0.717) is 6.54 Å². The molecule has 0 saturated carbocycles. The third kappa shape index (κ3) is 9.09. The number of benzene rings is 3. The maximum Gasteiger partial charge on any atom is 0.251 e. The van der Waals surface area contributed by atoms with E-state index in [0.717, 1.165) is 40.7 Å². The Morgan fingerprint density at radius 3 is 2.23 bits per heavy atom. The summed E-state index contributed by atoms with van der Waals surface area (Å²) >= 11 is 0. The molecule has 3 rings (SSSR count). The second-order valence-corrected chi connectivity index (χ2v) is 11.4. The van der Waals surface area contributed by atoms with E-state index in [1.54, 1.807) is 0 Å². The van der Waals surface area contributed by atoms with E-state index in [4.69, 9.17) is 0 Å². The molecule has 0 spiro atoms. The minimum atomic E-state index is -3.65. The van der Waals surface area contributed by atoms with E-state index < -0.39 is 39.7 Å². The molecule has 1 amide bonds. The van der Waals surface area contributed by atoms with Crippen LogP contribution in [0.2, 0.25) is 0 Å². The second-order valence-electron chi connectivity index (χ2n) is 9.54. The van der Waals surface area contributed by atoms with Gasteiger partial charge in [-0.25, -0.2) is 17.2 Å². The lowest BCUT2D eigenvalue weighted by Gasteiger charge is -2.25. The number of aliphatic hydroxyl groups is 2. The Labute approximate surface area is 233 Å². The SMILES string of the molecule is CCc1cccc(CNC[C@@H](O)[C@H](Cc2cc(F)cc(F)c2)NC(=O)c2ccc(N(CCO)S(C)(=O)=O)cc2)c1. The highest BCUT2D eigenvalue weighted by Crippen LogP contribution is 2.19. The first-order valence-electron chi connectivity index (χ1n) is 12.9. The molecule has 0 heterocycles. The zero-order valence-corrected chi connectivity index (χ0v) is 23.3. The number of nitrogens with one attached hydrogen (secondary N) is 2. The summed E-state index contributed by atoms with van der Waals surface area (Å²) in [5.41, 5.74) is 2.94. The number of amides is 1. The first-order chi connectivity index (χ1) is 19.0. The normalized spacial score (nSPS) is 13.1. The van der Waals surface area contributed by atoms with E-state index >= 15 is 0 Å². The second kappa shape index (κ2) is 14.3. The zero-order valence-electron chi connectivity index (χ0n) is 22.5. The lowest BCUT2D eigenvalue weighted by Crippen LogP contribution is -2.48. The number of carbonyl (C=O) groups is 1. The minimum Gasteiger partial charge on any atom is -0.394 e. The van der Waals surface area contributed by atoms with Crippen molar-refractivity contribution in [1.29, 1.82) is 0 Å². The molecule has 0 aromatic heterocycles. The van der Waals surface area contributed by atoms with Crippen molar-refractivity contribution >= 4 is 21.6 Å². The lowest BCUT2D eigenvalue weighted by molar-refractivity contribution is 0.0830. The van der Waals surface area contributed by atoms with Crippen molar-refractivity contribution < 1.29 is 32.2 Å². The first kappa shape index (κ1) is 31.2. The summed E-state index contributed by atoms with van der Waals surface area (Å²) in [5, 5.41) is 26.1. The van der Waals surface area contributed by atoms with Crippen LogP contribution in [0.3, 0.4) is 0 Å². The monoisotopic (exact) mass is 575 g/mol. The molecule has 0 saturated heterocycles. The van der Waals surface area contributed by atoms with E-state index in [9.17, 15) is 32.2 Å². The Bertz CT molecular complexity index is 1370. The van der Waals surface area contributed by atoms with Crippen LogP contribution in [0.1, 0.15) is 34.0 Å². The third-order valence-electron chi connectivity index (χ3n) is 6.36. The number of rotatable bonds is 14. The van der Waals surface area contributed by atoms with Gasteiger partial charge in [-0.3, -0.25) is 9.10 Å². The van der Waals surface area contributed by atoms with Gasteiger partial charge in [0, 0.05) is 24.7 Å². The number of sulfonamides is 1. The Hall–Kier alpha value is -3.38. The van der Waals surface area contributed by atoms with Gasteiger partial charge in [0.1, 0.15) is 11.6 Å². The average molecular weight is 576 g/mol. The average Bonchev–Trinajstić information content (AvgIpc) is 2.90. The Morgan fingerprint density at radius 2 is 1.62 bits per heavy atom. The molecule has 0 unspecified atom stereocenters. The van der Waals surface area contributed by atoms with Gasteiger partial charge < -0.3 is 20.8 Å². The van der Waals surface area contributed by atoms with E-state index in [1.807, 2.05) is 18.2 Å². The van der Waals surface area contributed by atoms with Gasteiger partial charge in [0.2, 0.25) is 10.0 Å². The number of anilines is 1. The van der Waals surface area contributed by atoms with Crippen molar-refractivity contribution in [3.05, 3.63) is 101 Å². The number of carbonyl (C=O) groups excluding carboxylic acids is 1. The number of nitrogens with zero attached hydrogens (tertiary/aromatic N) is 1. The molecule has 216 valence electrons. The van der Waals surface area contributed by atoms with Crippen molar-refractivity contribution in [1.82, 2.24) is 10.6 Å². The summed E-state index contributed by atoms with van der Waals surface area (Å²) in [4.78, 5) is 13.1. The predicted octanol–water partition coefficient (Wildman–Crippen LogP) is 2.78. The van der Waals surface area contributed by atoms with Crippen LogP contribution in [0.5, 0.6) is 0 Å². The van der Waals surface area contributed by atoms with Crippen molar-refractivity contribution in [3.63, 3.8) is 0 Å². The van der Waals surface area contributed by atoms with Crippen LogP contribution in [-0.4, -0.2) is 62.6 Å². The molecule has 0 bridgehead atoms. The van der Waals surface area contributed by atoms with Crippen molar-refractivity contribution in [2.24, 2.45) is 0 Å². The minimum absolute atomic E-state index is 0.0367. The van der Waals surface area contributed by atoms with E-state index in [-0.39, 0.29) is 42.9 Å². The summed E-state index contributed by atoms with van der Waals surface area (Å²) in [6.45, 7) is 2.12. The number of halogens is 2. The number of hydrogen-bond acceptors (Lipinski definition) is 6. The smallest absolute Gasteiger partial charge is 0.251 e. The summed E-state index contributed by atoms with van der Waals surface area (Å²) in [7, 11) is -3.65. The van der Waals surface area contributed by atoms with Crippen molar-refractivity contribution in [3.8, 4) is 0 Å². The Morgan fingerprint density at radius 1 is 0.975 bits per heavy atom. The van der Waals surface area contributed by atoms with Gasteiger partial charge in [0.15, 0.2) is 0 Å². The molecule has 3 aromatic carbocycles. The molecular formula is C29H35F2N3O5S. The number of aryl methyl sites for hydroxylation is 1. The number of hydrogen-bond donors (Lipinski definition) is 4. The lowest BCUT2D eigenvalue weighted by atomic mass is 10.00. The molecule has 8 nitrogen and oxygen atoms in total. The molecule has 3 aromatic rings. The molecule has 0 radical (unpaired) electrons. The van der Waals surface area contributed by atoms with Gasteiger partial charge in [-0.2, -0.15) is 0 Å². The fourth-order valence-electron chi connectivity index (χ4n) is 4.34. The Kier molecular flexibility index (Phi) is 11.1. The van der Waals surface area contributed by atoms with Crippen molar-refractivity contribution in [2.45, 2.75) is 38.5 Å². The largest absolute Gasteiger partial charge is 0.394 e. The summed E-state index contributed by atoms with van der Waals surface area (Å²) in [5.74, 6) is -2.09. The topological polar surface area (TPSA) is 119 Å². The van der Waals surface area contributed by atoms with E-state index in [1.165, 1.54) is 29.8 Å². The fraction of sp³-hybridized carbons (Fsp3) is 0.345. The molecule has 11 heteroatoms. The van der Waals surface area contributed by atoms with Gasteiger partial charge >= 0.3 is 0 Å². The van der Waals surface area contributed by atoms with Crippen LogP contribution in [0, 0.1) is 11.6 Å². The van der Waals surface area contributed by atoms with Crippen LogP contribution in [0.15, 0.2) is 66.7 Å². The highest BCUT2D eigenvalue weighted by molar-refractivity contribution is 7.92. The quantitative estimate of drug-likeness (QED) is 0.235. The first-order valence-corrected chi connectivity index (χ1v) is 14.8. The molecule has 0 aliphatic rings. The molecule has 4 N–H and O–H groups in total. The molecule has 0 fully saturated rings. The highest BCUT2D eigenvalue weighted by atomic mass is 32.2. The van der Waals surface area contributed by atoms with Crippen LogP contribution < -0.4 is 14.9 Å². The molecule has 0 aliphatic carbocycles. The molecule has 40 heavy (non-hydrogen) atoms. The molecule has 2 atom stereocenters. The third-order valence-corrected chi connectivity index (χ3v) is 7.56. The molecule has 0 aliphatic heterocycles.